The van der Waals surface area contributed by atoms with Crippen LogP contribution in [0.5, 0.6) is 0 Å². The van der Waals surface area contributed by atoms with E-state index in [0.29, 0.717) is 12.8 Å². The topological polar surface area (TPSA) is 0 Å². The molecule has 0 aromatic rings. The van der Waals surface area contributed by atoms with Gasteiger partial charge in [-0.3, -0.25) is 4.39 Å². The van der Waals surface area contributed by atoms with Gasteiger partial charge in [0.2, 0.25) is 0 Å². The van der Waals surface area contributed by atoms with E-state index >= 15 is 0 Å². The molecule has 1 aliphatic rings. The summed E-state index contributed by atoms with van der Waals surface area (Å²) in [5.74, 6) is 6.10. The zero-order chi connectivity index (χ0) is 8.65. The van der Waals surface area contributed by atoms with Crippen molar-refractivity contribution in [1.29, 1.82) is 0 Å². The van der Waals surface area contributed by atoms with Crippen molar-refractivity contribution in [2.24, 2.45) is 0 Å². The van der Waals surface area contributed by atoms with Gasteiger partial charge in [0.05, 0.1) is 6.67 Å². The number of halogens is 1. The number of alkyl halides is 1. The third-order valence-electron chi connectivity index (χ3n) is 1.98. The maximum Gasteiger partial charge on any atom is 0.0903 e. The van der Waals surface area contributed by atoms with Gasteiger partial charge in [0, 0.05) is 6.42 Å². The number of unbranched alkanes of at least 4 members (excludes halogenated alkanes) is 1. The van der Waals surface area contributed by atoms with Crippen LogP contribution in [0.3, 0.4) is 0 Å². The molecule has 1 heteroatoms. The summed E-state index contributed by atoms with van der Waals surface area (Å²) >= 11 is 0. The Balaban J connectivity index is 2.26. The van der Waals surface area contributed by atoms with E-state index in [2.05, 4.69) is 17.9 Å². The number of hydrogen-bond acceptors (Lipinski definition) is 0. The molecule has 0 aromatic carbocycles. The van der Waals surface area contributed by atoms with E-state index in [1.807, 2.05) is 0 Å². The second-order valence-corrected chi connectivity index (χ2v) is 3.07. The van der Waals surface area contributed by atoms with E-state index in [9.17, 15) is 4.39 Å². The Morgan fingerprint density at radius 3 is 3.00 bits per heavy atom. The maximum absolute atomic E-state index is 11.7. The summed E-state index contributed by atoms with van der Waals surface area (Å²) in [6.45, 7) is -0.242. The minimum absolute atomic E-state index is 0.242. The average molecular weight is 166 g/mol. The molecule has 1 aliphatic carbocycles. The highest BCUT2D eigenvalue weighted by Crippen LogP contribution is 2.16. The lowest BCUT2D eigenvalue weighted by atomic mass is 10.00. The van der Waals surface area contributed by atoms with E-state index < -0.39 is 0 Å². The van der Waals surface area contributed by atoms with Gasteiger partial charge in [-0.2, -0.15) is 0 Å². The monoisotopic (exact) mass is 166 g/mol. The van der Waals surface area contributed by atoms with Crippen LogP contribution in [0, 0.1) is 11.8 Å². The maximum atomic E-state index is 11.7. The molecule has 0 aromatic heterocycles. The Hall–Kier alpha value is -0.770. The lowest BCUT2D eigenvalue weighted by molar-refractivity contribution is 0.477. The number of hydrogen-bond donors (Lipinski definition) is 0. The molecule has 0 atom stereocenters. The van der Waals surface area contributed by atoms with Crippen LogP contribution in [-0.4, -0.2) is 6.67 Å². The summed E-state index contributed by atoms with van der Waals surface area (Å²) in [6, 6.07) is 0. The van der Waals surface area contributed by atoms with Crippen molar-refractivity contribution in [2.45, 2.75) is 38.5 Å². The molecule has 0 bridgehead atoms. The smallest absolute Gasteiger partial charge is 0.0903 e. The van der Waals surface area contributed by atoms with Gasteiger partial charge in [0.15, 0.2) is 0 Å². The highest BCUT2D eigenvalue weighted by molar-refractivity contribution is 5.29. The Morgan fingerprint density at radius 1 is 1.42 bits per heavy atom. The first kappa shape index (κ1) is 9.32. The minimum Gasteiger partial charge on any atom is -0.251 e. The molecule has 0 nitrogen and oxygen atoms in total. The van der Waals surface area contributed by atoms with Crippen molar-refractivity contribution in [2.75, 3.05) is 6.67 Å². The van der Waals surface area contributed by atoms with Gasteiger partial charge >= 0.3 is 0 Å². The normalized spacial score (nSPS) is 16.2. The minimum atomic E-state index is -0.242. The molecule has 66 valence electrons. The van der Waals surface area contributed by atoms with Crippen LogP contribution in [0.2, 0.25) is 0 Å². The third-order valence-corrected chi connectivity index (χ3v) is 1.98. The van der Waals surface area contributed by atoms with E-state index in [-0.39, 0.29) is 6.67 Å². The summed E-state index contributed by atoms with van der Waals surface area (Å²) in [5.41, 5.74) is 1.26. The van der Waals surface area contributed by atoms with Crippen LogP contribution in [-0.2, 0) is 0 Å². The fraction of sp³-hybridized carbons (Fsp3) is 0.636. The zero-order valence-corrected chi connectivity index (χ0v) is 7.41. The second-order valence-electron chi connectivity index (χ2n) is 3.07. The summed E-state index contributed by atoms with van der Waals surface area (Å²) < 4.78 is 11.7. The molecule has 0 N–H and O–H groups in total. The molecule has 0 fully saturated rings. The Labute approximate surface area is 73.9 Å². The highest BCUT2D eigenvalue weighted by atomic mass is 19.1. The highest BCUT2D eigenvalue weighted by Gasteiger charge is 1.98. The van der Waals surface area contributed by atoms with Gasteiger partial charge in [-0.1, -0.05) is 17.9 Å². The van der Waals surface area contributed by atoms with E-state index in [1.165, 1.54) is 24.8 Å². The number of allylic oxidation sites excluding steroid dienone is 2. The van der Waals surface area contributed by atoms with Crippen molar-refractivity contribution >= 4 is 0 Å². The molecule has 0 unspecified atom stereocenters. The first-order chi connectivity index (χ1) is 5.93. The lowest BCUT2D eigenvalue weighted by Crippen LogP contribution is -1.88. The van der Waals surface area contributed by atoms with Gasteiger partial charge in [-0.25, -0.2) is 0 Å². The number of rotatable bonds is 2. The fourth-order valence-corrected chi connectivity index (χ4v) is 1.28. The lowest BCUT2D eigenvalue weighted by Gasteiger charge is -2.05. The molecular weight excluding hydrogens is 151 g/mol. The molecule has 0 aliphatic heterocycles. The standard InChI is InChI=1S/C11H15F/c12-10-6-2-5-9-11-7-3-1-4-8-11/h7H,1-4,6,8,10H2. The van der Waals surface area contributed by atoms with Gasteiger partial charge < -0.3 is 0 Å². The van der Waals surface area contributed by atoms with Crippen molar-refractivity contribution in [1.82, 2.24) is 0 Å². The first-order valence-electron chi connectivity index (χ1n) is 4.67. The van der Waals surface area contributed by atoms with Gasteiger partial charge in [-0.15, -0.1) is 0 Å². The summed E-state index contributed by atoms with van der Waals surface area (Å²) in [7, 11) is 0. The average Bonchev–Trinajstić information content (AvgIpc) is 2.14. The predicted octanol–water partition coefficient (Wildman–Crippen LogP) is 3.24. The first-order valence-corrected chi connectivity index (χ1v) is 4.67. The summed E-state index contributed by atoms with van der Waals surface area (Å²) in [6.07, 6.45) is 8.37. The van der Waals surface area contributed by atoms with Crippen molar-refractivity contribution in [3.8, 4) is 11.8 Å². The second kappa shape index (κ2) is 5.83. The Morgan fingerprint density at radius 2 is 2.33 bits per heavy atom. The predicted molar refractivity (Wildman–Crippen MR) is 49.5 cm³/mol. The molecule has 0 heterocycles. The fourth-order valence-electron chi connectivity index (χ4n) is 1.28. The third kappa shape index (κ3) is 3.57. The van der Waals surface area contributed by atoms with Gasteiger partial charge in [0.25, 0.3) is 0 Å². The molecule has 0 radical (unpaired) electrons. The van der Waals surface area contributed by atoms with E-state index in [1.54, 1.807) is 0 Å². The zero-order valence-electron chi connectivity index (χ0n) is 7.41. The Bertz CT molecular complexity index is 205. The largest absolute Gasteiger partial charge is 0.251 e. The summed E-state index contributed by atoms with van der Waals surface area (Å²) in [5, 5.41) is 0. The van der Waals surface area contributed by atoms with E-state index in [0.717, 1.165) is 6.42 Å². The van der Waals surface area contributed by atoms with Crippen LogP contribution in [0.4, 0.5) is 4.39 Å². The molecule has 0 amide bonds. The molecule has 0 saturated carbocycles. The molecule has 1 rings (SSSR count). The van der Waals surface area contributed by atoms with Crippen LogP contribution < -0.4 is 0 Å². The van der Waals surface area contributed by atoms with Gasteiger partial charge in [0.1, 0.15) is 0 Å². The SMILES string of the molecule is FCCCC#CC1=CCCCC1. The van der Waals surface area contributed by atoms with Crippen molar-refractivity contribution < 1.29 is 4.39 Å². The molecular formula is C11H15F. The quantitative estimate of drug-likeness (QED) is 0.436. The summed E-state index contributed by atoms with van der Waals surface area (Å²) in [4.78, 5) is 0. The van der Waals surface area contributed by atoms with Crippen LogP contribution >= 0.6 is 0 Å². The molecule has 0 spiro atoms. The van der Waals surface area contributed by atoms with E-state index in [4.69, 9.17) is 0 Å². The van der Waals surface area contributed by atoms with Crippen LogP contribution in [0.15, 0.2) is 11.6 Å². The molecule has 0 saturated heterocycles. The molecule has 12 heavy (non-hydrogen) atoms. The van der Waals surface area contributed by atoms with Crippen LogP contribution in [0.25, 0.3) is 0 Å². The van der Waals surface area contributed by atoms with Crippen molar-refractivity contribution in [3.05, 3.63) is 11.6 Å². The van der Waals surface area contributed by atoms with Gasteiger partial charge in [-0.05, 0) is 37.7 Å². The Kier molecular flexibility index (Phi) is 4.52. The van der Waals surface area contributed by atoms with Crippen LogP contribution in [0.1, 0.15) is 38.5 Å². The van der Waals surface area contributed by atoms with Crippen molar-refractivity contribution in [3.63, 3.8) is 0 Å².